The highest BCUT2D eigenvalue weighted by Gasteiger charge is 2.46. The van der Waals surface area contributed by atoms with Gasteiger partial charge in [-0.25, -0.2) is 0 Å². The maximum Gasteiger partial charge on any atom is 0.295 e. The molecule has 0 saturated carbocycles. The second-order valence-corrected chi connectivity index (χ2v) is 7.33. The van der Waals surface area contributed by atoms with Crippen molar-refractivity contribution in [2.45, 2.75) is 13.0 Å². The van der Waals surface area contributed by atoms with Gasteiger partial charge in [0.2, 0.25) is 0 Å². The molecule has 7 heteroatoms. The Morgan fingerprint density at radius 1 is 1.19 bits per heavy atom. The zero-order valence-electron chi connectivity index (χ0n) is 15.0. The molecule has 0 aliphatic carbocycles. The molecule has 1 atom stereocenters. The molecule has 0 radical (unpaired) electrons. The van der Waals surface area contributed by atoms with Crippen LogP contribution in [0.4, 0.5) is 0 Å². The van der Waals surface area contributed by atoms with Crippen LogP contribution in [0.15, 0.2) is 47.4 Å². The van der Waals surface area contributed by atoms with Crippen molar-refractivity contribution in [3.05, 3.63) is 63.4 Å². The van der Waals surface area contributed by atoms with Gasteiger partial charge in [-0.05, 0) is 18.4 Å². The van der Waals surface area contributed by atoms with E-state index in [-0.39, 0.29) is 17.9 Å². The molecule has 1 aromatic heterocycles. The molecule has 2 aromatic rings. The van der Waals surface area contributed by atoms with Gasteiger partial charge < -0.3 is 20.4 Å². The van der Waals surface area contributed by atoms with E-state index in [0.29, 0.717) is 25.2 Å². The number of carbonyl (C=O) groups excluding carboxylic acids is 2. The smallest absolute Gasteiger partial charge is 0.295 e. The summed E-state index contributed by atoms with van der Waals surface area (Å²) in [7, 11) is 0. The van der Waals surface area contributed by atoms with Crippen LogP contribution in [0.5, 0.6) is 0 Å². The molecule has 1 amide bonds. The number of Topliss-reactive ketones (excluding diaryl/α,β-unsaturated/α-hetero) is 1. The van der Waals surface area contributed by atoms with Crippen molar-refractivity contribution in [2.24, 2.45) is 0 Å². The summed E-state index contributed by atoms with van der Waals surface area (Å²) in [5.74, 6) is -1.45. The first kappa shape index (κ1) is 19.3. The lowest BCUT2D eigenvalue weighted by Crippen LogP contribution is -2.36. The molecule has 2 heterocycles. The molecule has 1 aromatic carbocycles. The quantitative estimate of drug-likeness (QED) is 0.293. The van der Waals surface area contributed by atoms with Crippen LogP contribution in [0.2, 0.25) is 0 Å². The molecule has 27 heavy (non-hydrogen) atoms. The third-order valence-electron chi connectivity index (χ3n) is 4.50. The van der Waals surface area contributed by atoms with E-state index in [1.165, 1.54) is 16.2 Å². The van der Waals surface area contributed by atoms with Gasteiger partial charge in [-0.2, -0.15) is 0 Å². The zero-order chi connectivity index (χ0) is 19.4. The number of aliphatic hydroxyl groups is 2. The molecule has 0 spiro atoms. The number of benzene rings is 1. The summed E-state index contributed by atoms with van der Waals surface area (Å²) in [6.07, 6.45) is 0. The summed E-state index contributed by atoms with van der Waals surface area (Å²) in [5.41, 5.74) is 1.67. The first-order valence-corrected chi connectivity index (χ1v) is 9.63. The van der Waals surface area contributed by atoms with Crippen LogP contribution in [0.25, 0.3) is 5.76 Å². The minimum Gasteiger partial charge on any atom is -0.507 e. The zero-order valence-corrected chi connectivity index (χ0v) is 15.8. The van der Waals surface area contributed by atoms with Crippen LogP contribution in [0.1, 0.15) is 22.0 Å². The fraction of sp³-hybridized carbons (Fsp3) is 0.300. The summed E-state index contributed by atoms with van der Waals surface area (Å²) in [6, 6.07) is 10.3. The average Bonchev–Trinajstić information content (AvgIpc) is 3.27. The number of thiophene rings is 1. The molecule has 142 valence electrons. The predicted octanol–water partition coefficient (Wildman–Crippen LogP) is 2.06. The van der Waals surface area contributed by atoms with Crippen molar-refractivity contribution in [1.29, 1.82) is 0 Å². The van der Waals surface area contributed by atoms with Crippen molar-refractivity contribution >= 4 is 28.8 Å². The lowest BCUT2D eigenvalue weighted by Gasteiger charge is -2.24. The summed E-state index contributed by atoms with van der Waals surface area (Å²) in [5, 5.41) is 24.6. The maximum atomic E-state index is 12.7. The van der Waals surface area contributed by atoms with Crippen molar-refractivity contribution in [3.63, 3.8) is 0 Å². The van der Waals surface area contributed by atoms with Crippen LogP contribution in [0, 0.1) is 6.92 Å². The van der Waals surface area contributed by atoms with Crippen LogP contribution in [-0.2, 0) is 9.59 Å². The number of aliphatic hydroxyl groups excluding tert-OH is 2. The van der Waals surface area contributed by atoms with Gasteiger partial charge in [0.15, 0.2) is 0 Å². The van der Waals surface area contributed by atoms with Gasteiger partial charge in [-0.15, -0.1) is 11.3 Å². The number of hydrogen-bond acceptors (Lipinski definition) is 6. The van der Waals surface area contributed by atoms with E-state index in [2.05, 4.69) is 5.32 Å². The lowest BCUT2D eigenvalue weighted by molar-refractivity contribution is -0.139. The molecular weight excluding hydrogens is 364 g/mol. The summed E-state index contributed by atoms with van der Waals surface area (Å²) in [4.78, 5) is 27.7. The minimum absolute atomic E-state index is 0.000590. The fourth-order valence-electron chi connectivity index (χ4n) is 3.12. The second-order valence-electron chi connectivity index (χ2n) is 6.35. The van der Waals surface area contributed by atoms with Crippen LogP contribution < -0.4 is 5.32 Å². The number of aryl methyl sites for hydroxylation is 1. The lowest BCUT2D eigenvalue weighted by atomic mass is 9.99. The van der Waals surface area contributed by atoms with Gasteiger partial charge in [0.05, 0.1) is 18.2 Å². The Morgan fingerprint density at radius 3 is 2.56 bits per heavy atom. The second kappa shape index (κ2) is 8.47. The van der Waals surface area contributed by atoms with Crippen LogP contribution in [0.3, 0.4) is 0 Å². The van der Waals surface area contributed by atoms with Gasteiger partial charge in [0.25, 0.3) is 11.7 Å². The SMILES string of the molecule is Cc1ccc(/C(O)=C2\C(=O)C(=O)N(CCNCCO)C2c2cccs2)cc1. The normalized spacial score (nSPS) is 19.0. The van der Waals surface area contributed by atoms with Gasteiger partial charge >= 0.3 is 0 Å². The number of carbonyl (C=O) groups is 2. The van der Waals surface area contributed by atoms with Gasteiger partial charge in [-0.3, -0.25) is 9.59 Å². The molecule has 1 fully saturated rings. The Bertz CT molecular complexity index is 843. The number of likely N-dealkylation sites (tertiary alicyclic amines) is 1. The minimum atomic E-state index is -0.673. The predicted molar refractivity (Wildman–Crippen MR) is 104 cm³/mol. The summed E-state index contributed by atoms with van der Waals surface area (Å²) >= 11 is 1.44. The third kappa shape index (κ3) is 3.95. The maximum absolute atomic E-state index is 12.7. The van der Waals surface area contributed by atoms with Crippen molar-refractivity contribution in [3.8, 4) is 0 Å². The van der Waals surface area contributed by atoms with Crippen molar-refractivity contribution < 1.29 is 19.8 Å². The van der Waals surface area contributed by atoms with E-state index in [0.717, 1.165) is 10.4 Å². The molecular formula is C20H22N2O4S. The monoisotopic (exact) mass is 386 g/mol. The third-order valence-corrected chi connectivity index (χ3v) is 5.42. The Hall–Kier alpha value is -2.48. The molecule has 6 nitrogen and oxygen atoms in total. The Labute approximate surface area is 161 Å². The van der Waals surface area contributed by atoms with E-state index >= 15 is 0 Å². The highest BCUT2D eigenvalue weighted by Crippen LogP contribution is 2.40. The average molecular weight is 386 g/mol. The number of rotatable bonds is 7. The molecule has 0 bridgehead atoms. The molecule has 1 unspecified atom stereocenters. The van der Waals surface area contributed by atoms with E-state index < -0.39 is 17.7 Å². The Balaban J connectivity index is 2.00. The fourth-order valence-corrected chi connectivity index (χ4v) is 3.97. The number of hydrogen-bond donors (Lipinski definition) is 3. The summed E-state index contributed by atoms with van der Waals surface area (Å²) in [6.45, 7) is 3.10. The largest absolute Gasteiger partial charge is 0.507 e. The van der Waals surface area contributed by atoms with Crippen LogP contribution >= 0.6 is 11.3 Å². The highest BCUT2D eigenvalue weighted by molar-refractivity contribution is 7.10. The van der Waals surface area contributed by atoms with Crippen LogP contribution in [-0.4, -0.2) is 53.0 Å². The van der Waals surface area contributed by atoms with Gasteiger partial charge in [-0.1, -0.05) is 35.9 Å². The van der Waals surface area contributed by atoms with Gasteiger partial charge in [0.1, 0.15) is 5.76 Å². The number of ketones is 1. The molecule has 1 aliphatic rings. The molecule has 1 aliphatic heterocycles. The number of nitrogens with zero attached hydrogens (tertiary/aromatic N) is 1. The topological polar surface area (TPSA) is 89.9 Å². The molecule has 3 rings (SSSR count). The van der Waals surface area contributed by atoms with Crippen molar-refractivity contribution in [1.82, 2.24) is 10.2 Å². The van der Waals surface area contributed by atoms with E-state index in [4.69, 9.17) is 5.11 Å². The first-order valence-electron chi connectivity index (χ1n) is 8.75. The Kier molecular flexibility index (Phi) is 6.05. The van der Waals surface area contributed by atoms with E-state index in [1.807, 2.05) is 36.6 Å². The van der Waals surface area contributed by atoms with E-state index in [9.17, 15) is 14.7 Å². The van der Waals surface area contributed by atoms with E-state index in [1.54, 1.807) is 12.1 Å². The highest BCUT2D eigenvalue weighted by atomic mass is 32.1. The molecule has 3 N–H and O–H groups in total. The standard InChI is InChI=1S/C20H22N2O4S/c1-13-4-6-14(7-5-13)18(24)16-17(15-3-2-12-27-15)22(20(26)19(16)25)10-8-21-9-11-23/h2-7,12,17,21,23-24H,8-11H2,1H3/b18-16+. The Morgan fingerprint density at radius 2 is 1.93 bits per heavy atom. The van der Waals surface area contributed by atoms with Crippen molar-refractivity contribution in [2.75, 3.05) is 26.2 Å². The number of nitrogens with one attached hydrogen (secondary N) is 1. The summed E-state index contributed by atoms with van der Waals surface area (Å²) < 4.78 is 0. The number of amides is 1. The molecule has 1 saturated heterocycles. The van der Waals surface area contributed by atoms with Gasteiger partial charge in [0, 0.05) is 30.1 Å². The first-order chi connectivity index (χ1) is 13.0.